The smallest absolute Gasteiger partial charge is 0.316 e. The van der Waals surface area contributed by atoms with Gasteiger partial charge >= 0.3 is 5.97 Å². The highest BCUT2D eigenvalue weighted by Crippen LogP contribution is 2.43. The minimum atomic E-state index is -0.748. The molecule has 216 valence electrons. The summed E-state index contributed by atoms with van der Waals surface area (Å²) in [6.45, 7) is 2.53. The molecule has 0 spiro atoms. The number of aromatic nitrogens is 5. The molecule has 1 aliphatic carbocycles. The Morgan fingerprint density at radius 3 is 2.76 bits per heavy atom. The first kappa shape index (κ1) is 29.6. The van der Waals surface area contributed by atoms with E-state index < -0.39 is 5.41 Å². The zero-order valence-corrected chi connectivity index (χ0v) is 26.1. The first-order valence-electron chi connectivity index (χ1n) is 15.1. The largest absolute Gasteiger partial charge is 0.460 e. The van der Waals surface area contributed by atoms with E-state index in [-0.39, 0.29) is 12.6 Å². The van der Waals surface area contributed by atoms with Gasteiger partial charge in [-0.05, 0) is 36.0 Å². The zero-order chi connectivity index (χ0) is 28.5. The molecule has 41 heavy (non-hydrogen) atoms. The summed E-state index contributed by atoms with van der Waals surface area (Å²) in [5, 5.41) is 7.99. The molecule has 1 aromatic carbocycles. The molecule has 5 rings (SSSR count). The second kappa shape index (κ2) is 14.3. The van der Waals surface area contributed by atoms with Crippen molar-refractivity contribution in [3.63, 3.8) is 0 Å². The van der Waals surface area contributed by atoms with E-state index in [1.54, 1.807) is 6.20 Å². The van der Waals surface area contributed by atoms with E-state index in [2.05, 4.69) is 55.7 Å². The molecule has 1 N–H and O–H groups in total. The van der Waals surface area contributed by atoms with Crippen LogP contribution in [0.25, 0.3) is 22.3 Å². The Morgan fingerprint density at radius 1 is 1.05 bits per heavy atom. The molecule has 2 atom stereocenters. The number of carbonyl (C=O) groups is 1. The van der Waals surface area contributed by atoms with Crippen LogP contribution in [-0.4, -0.2) is 31.1 Å². The molecule has 0 radical (unpaired) electrons. The number of H-pyrrole nitrogens is 1. The summed E-state index contributed by atoms with van der Waals surface area (Å²) in [4.78, 5) is 28.2. The van der Waals surface area contributed by atoms with Crippen LogP contribution in [-0.2, 0) is 21.6 Å². The number of aromatic amines is 1. The van der Waals surface area contributed by atoms with Gasteiger partial charge in [0, 0.05) is 40.5 Å². The van der Waals surface area contributed by atoms with Crippen molar-refractivity contribution in [2.45, 2.75) is 96.0 Å². The van der Waals surface area contributed by atoms with Gasteiger partial charge in [-0.3, -0.25) is 14.9 Å². The fourth-order valence-electron chi connectivity index (χ4n) is 6.30. The number of unbranched alkanes of at least 4 members (excludes halogenated alkanes) is 4. The van der Waals surface area contributed by atoms with Gasteiger partial charge in [0.1, 0.15) is 6.61 Å². The van der Waals surface area contributed by atoms with Crippen molar-refractivity contribution < 1.29 is 9.53 Å². The van der Waals surface area contributed by atoms with Gasteiger partial charge in [0.15, 0.2) is 9.48 Å². The average molecular weight is 666 g/mol. The number of rotatable bonds is 11. The van der Waals surface area contributed by atoms with Gasteiger partial charge in [0.05, 0.1) is 22.7 Å². The minimum Gasteiger partial charge on any atom is -0.460 e. The Morgan fingerprint density at radius 2 is 1.90 bits per heavy atom. The predicted octanol–water partition coefficient (Wildman–Crippen LogP) is 8.33. The third kappa shape index (κ3) is 7.31. The standard InChI is InChI=1S/C33H40IN5O2/c1-2-3-4-5-8-13-24-14-11-7-12-17-33(19-24,31(40)41-23-25-15-9-6-10-16-25)27-18-26(20-35-21-27)29-28-22-36-39-30(28)38-32(34)37-29/h6,9-10,15-16,18,20-22,24H,2-5,7-8,11-14,17,19,23H2,1H3,(H,36,37,38,39). The summed E-state index contributed by atoms with van der Waals surface area (Å²) >= 11 is 2.13. The van der Waals surface area contributed by atoms with Crippen LogP contribution in [0, 0.1) is 9.75 Å². The second-order valence-electron chi connectivity index (χ2n) is 11.5. The summed E-state index contributed by atoms with van der Waals surface area (Å²) in [5.74, 6) is 0.342. The number of esters is 1. The van der Waals surface area contributed by atoms with Crippen molar-refractivity contribution in [2.24, 2.45) is 5.92 Å². The molecule has 0 saturated heterocycles. The van der Waals surface area contributed by atoms with Crippen molar-refractivity contribution in [2.75, 3.05) is 0 Å². The average Bonchev–Trinajstić information content (AvgIpc) is 3.45. The molecule has 7 nitrogen and oxygen atoms in total. The monoisotopic (exact) mass is 665 g/mol. The lowest BCUT2D eigenvalue weighted by atomic mass is 9.67. The van der Waals surface area contributed by atoms with Crippen LogP contribution in [0.3, 0.4) is 0 Å². The van der Waals surface area contributed by atoms with Crippen molar-refractivity contribution >= 4 is 39.6 Å². The Kier molecular flexibility index (Phi) is 10.4. The Bertz CT molecular complexity index is 1430. The molecule has 0 bridgehead atoms. The normalized spacial score (nSPS) is 19.5. The van der Waals surface area contributed by atoms with Gasteiger partial charge in [0.25, 0.3) is 0 Å². The number of carbonyl (C=O) groups excluding carboxylic acids is 1. The minimum absolute atomic E-state index is 0.135. The molecular weight excluding hydrogens is 625 g/mol. The molecule has 2 unspecified atom stereocenters. The van der Waals surface area contributed by atoms with Gasteiger partial charge in [-0.25, -0.2) is 9.97 Å². The van der Waals surface area contributed by atoms with Crippen LogP contribution >= 0.6 is 22.6 Å². The quantitative estimate of drug-likeness (QED) is 0.0750. The summed E-state index contributed by atoms with van der Waals surface area (Å²) in [5.41, 5.74) is 3.50. The lowest BCUT2D eigenvalue weighted by Crippen LogP contribution is -2.40. The Labute approximate surface area is 256 Å². The number of nitrogens with zero attached hydrogens (tertiary/aromatic N) is 4. The highest BCUT2D eigenvalue weighted by molar-refractivity contribution is 14.1. The molecule has 1 aliphatic rings. The molecule has 3 heterocycles. The summed E-state index contributed by atoms with van der Waals surface area (Å²) in [7, 11) is 0. The van der Waals surface area contributed by atoms with Gasteiger partial charge in [0.2, 0.25) is 0 Å². The Balaban J connectivity index is 1.50. The van der Waals surface area contributed by atoms with E-state index in [9.17, 15) is 4.79 Å². The van der Waals surface area contributed by atoms with Crippen LogP contribution in [0.5, 0.6) is 0 Å². The SMILES string of the molecule is CCCCCCCC1CCCCCC(C(=O)OCc2ccccc2)(c2cncc(-c3nc(I)nc4[nH]ncc34)c2)C1. The molecular formula is C33H40IN5O2. The third-order valence-electron chi connectivity index (χ3n) is 8.52. The number of hydrogen-bond donors (Lipinski definition) is 1. The maximum absolute atomic E-state index is 14.3. The number of nitrogens with one attached hydrogen (secondary N) is 1. The lowest BCUT2D eigenvalue weighted by Gasteiger charge is -2.37. The summed E-state index contributed by atoms with van der Waals surface area (Å²) < 4.78 is 6.77. The maximum atomic E-state index is 14.3. The Hall–Kier alpha value is -2.88. The first-order valence-corrected chi connectivity index (χ1v) is 16.2. The van der Waals surface area contributed by atoms with E-state index in [0.29, 0.717) is 15.4 Å². The molecule has 0 aliphatic heterocycles. The van der Waals surface area contributed by atoms with Crippen LogP contribution in [0.2, 0.25) is 0 Å². The number of benzene rings is 1. The molecule has 1 saturated carbocycles. The van der Waals surface area contributed by atoms with Crippen LogP contribution in [0.15, 0.2) is 55.0 Å². The first-order chi connectivity index (χ1) is 20.1. The highest BCUT2D eigenvalue weighted by Gasteiger charge is 2.44. The molecule has 0 amide bonds. The number of pyridine rings is 1. The van der Waals surface area contributed by atoms with E-state index in [1.165, 1.54) is 38.5 Å². The second-order valence-corrected chi connectivity index (χ2v) is 12.4. The van der Waals surface area contributed by atoms with E-state index in [0.717, 1.165) is 66.3 Å². The van der Waals surface area contributed by atoms with Crippen LogP contribution < -0.4 is 0 Å². The predicted molar refractivity (Wildman–Crippen MR) is 170 cm³/mol. The van der Waals surface area contributed by atoms with Crippen molar-refractivity contribution in [1.29, 1.82) is 0 Å². The van der Waals surface area contributed by atoms with Gasteiger partial charge in [-0.2, -0.15) is 5.10 Å². The number of halogens is 1. The highest BCUT2D eigenvalue weighted by atomic mass is 127. The number of fused-ring (bicyclic) bond motifs is 1. The number of hydrogen-bond acceptors (Lipinski definition) is 6. The van der Waals surface area contributed by atoms with E-state index >= 15 is 0 Å². The summed E-state index contributed by atoms with van der Waals surface area (Å²) in [6, 6.07) is 12.1. The zero-order valence-electron chi connectivity index (χ0n) is 23.9. The van der Waals surface area contributed by atoms with E-state index in [1.807, 2.05) is 42.7 Å². The van der Waals surface area contributed by atoms with Gasteiger partial charge in [-0.15, -0.1) is 0 Å². The van der Waals surface area contributed by atoms with Crippen molar-refractivity contribution in [3.8, 4) is 11.3 Å². The van der Waals surface area contributed by atoms with Gasteiger partial charge < -0.3 is 4.74 Å². The lowest BCUT2D eigenvalue weighted by molar-refractivity contribution is -0.153. The molecule has 3 aromatic heterocycles. The van der Waals surface area contributed by atoms with E-state index in [4.69, 9.17) is 9.72 Å². The molecule has 8 heteroatoms. The van der Waals surface area contributed by atoms with Gasteiger partial charge in [-0.1, -0.05) is 101 Å². The summed E-state index contributed by atoms with van der Waals surface area (Å²) in [6.07, 6.45) is 19.0. The molecule has 4 aromatic rings. The van der Waals surface area contributed by atoms with Crippen molar-refractivity contribution in [1.82, 2.24) is 25.1 Å². The number of ether oxygens (including phenoxy) is 1. The maximum Gasteiger partial charge on any atom is 0.316 e. The molecule has 1 fully saturated rings. The van der Waals surface area contributed by atoms with Crippen molar-refractivity contribution in [3.05, 3.63) is 69.9 Å². The third-order valence-corrected chi connectivity index (χ3v) is 9.00. The van der Waals surface area contributed by atoms with Crippen LogP contribution in [0.1, 0.15) is 95.1 Å². The fourth-order valence-corrected chi connectivity index (χ4v) is 6.78. The topological polar surface area (TPSA) is 93.6 Å². The van der Waals surface area contributed by atoms with Crippen LogP contribution in [0.4, 0.5) is 0 Å². The fraction of sp³-hybridized carbons (Fsp3) is 0.485.